The molecule has 21 heavy (non-hydrogen) atoms. The minimum Gasteiger partial charge on any atom is -0.398 e. The lowest BCUT2D eigenvalue weighted by Gasteiger charge is -2.10. The van der Waals surface area contributed by atoms with Gasteiger partial charge in [-0.2, -0.15) is 13.2 Å². The van der Waals surface area contributed by atoms with E-state index >= 15 is 0 Å². The molecular weight excluding hydrogens is 299 g/mol. The van der Waals surface area contributed by atoms with Crippen LogP contribution in [0.4, 0.5) is 18.9 Å². The molecule has 112 valence electrons. The SMILES string of the molecule is CCc1ccc(CC(=O)c2cc(C(F)(F)F)ccc2N)s1. The van der Waals surface area contributed by atoms with E-state index in [1.54, 1.807) is 0 Å². The van der Waals surface area contributed by atoms with Crippen LogP contribution in [0.3, 0.4) is 0 Å². The number of thiophene rings is 1. The number of Topliss-reactive ketones (excluding diaryl/α,β-unsaturated/α-hetero) is 1. The van der Waals surface area contributed by atoms with Gasteiger partial charge in [-0.1, -0.05) is 6.92 Å². The Hall–Kier alpha value is -1.82. The molecule has 1 aromatic carbocycles. The van der Waals surface area contributed by atoms with Crippen molar-refractivity contribution in [1.82, 2.24) is 0 Å². The zero-order valence-electron chi connectivity index (χ0n) is 11.3. The summed E-state index contributed by atoms with van der Waals surface area (Å²) in [6.07, 6.45) is -3.55. The zero-order valence-corrected chi connectivity index (χ0v) is 12.1. The molecule has 0 unspecified atom stereocenters. The van der Waals surface area contributed by atoms with Crippen molar-refractivity contribution in [2.75, 3.05) is 5.73 Å². The largest absolute Gasteiger partial charge is 0.416 e. The second kappa shape index (κ2) is 5.89. The van der Waals surface area contributed by atoms with Crippen molar-refractivity contribution in [3.8, 4) is 0 Å². The van der Waals surface area contributed by atoms with E-state index < -0.39 is 17.5 Å². The fourth-order valence-electron chi connectivity index (χ4n) is 1.93. The van der Waals surface area contributed by atoms with E-state index in [1.165, 1.54) is 11.3 Å². The van der Waals surface area contributed by atoms with Crippen LogP contribution in [-0.2, 0) is 19.0 Å². The number of benzene rings is 1. The van der Waals surface area contributed by atoms with E-state index in [4.69, 9.17) is 5.73 Å². The van der Waals surface area contributed by atoms with Gasteiger partial charge in [-0.3, -0.25) is 4.79 Å². The van der Waals surface area contributed by atoms with Crippen molar-refractivity contribution >= 4 is 22.8 Å². The summed E-state index contributed by atoms with van der Waals surface area (Å²) in [4.78, 5) is 14.1. The van der Waals surface area contributed by atoms with Gasteiger partial charge < -0.3 is 5.73 Å². The molecule has 0 atom stereocenters. The topological polar surface area (TPSA) is 43.1 Å². The predicted molar refractivity (Wildman–Crippen MR) is 77.6 cm³/mol. The smallest absolute Gasteiger partial charge is 0.398 e. The van der Waals surface area contributed by atoms with Crippen molar-refractivity contribution in [1.29, 1.82) is 0 Å². The molecule has 0 amide bonds. The highest BCUT2D eigenvalue weighted by Gasteiger charge is 2.31. The van der Waals surface area contributed by atoms with Gasteiger partial charge in [0.05, 0.1) is 5.56 Å². The Kier molecular flexibility index (Phi) is 4.37. The highest BCUT2D eigenvalue weighted by atomic mass is 32.1. The molecule has 0 aliphatic heterocycles. The van der Waals surface area contributed by atoms with Crippen molar-refractivity contribution < 1.29 is 18.0 Å². The van der Waals surface area contributed by atoms with Crippen LogP contribution in [0.15, 0.2) is 30.3 Å². The number of aryl methyl sites for hydroxylation is 1. The predicted octanol–water partition coefficient (Wildman–Crippen LogP) is 4.34. The van der Waals surface area contributed by atoms with Crippen LogP contribution < -0.4 is 5.73 Å². The van der Waals surface area contributed by atoms with Gasteiger partial charge in [0.15, 0.2) is 5.78 Å². The summed E-state index contributed by atoms with van der Waals surface area (Å²) in [6.45, 7) is 2.00. The quantitative estimate of drug-likeness (QED) is 0.674. The fourth-order valence-corrected chi connectivity index (χ4v) is 2.89. The van der Waals surface area contributed by atoms with Crippen molar-refractivity contribution in [3.63, 3.8) is 0 Å². The molecule has 2 nitrogen and oxygen atoms in total. The molecular formula is C15H14F3NOS. The molecule has 0 aliphatic carbocycles. The molecule has 0 saturated heterocycles. The molecule has 2 rings (SSSR count). The Labute approximate surface area is 124 Å². The minimum absolute atomic E-state index is 0.0657. The van der Waals surface area contributed by atoms with Crippen molar-refractivity contribution in [2.45, 2.75) is 25.9 Å². The number of halogens is 3. The molecule has 2 N–H and O–H groups in total. The van der Waals surface area contributed by atoms with E-state index in [2.05, 4.69) is 0 Å². The van der Waals surface area contributed by atoms with Gasteiger partial charge >= 0.3 is 6.18 Å². The standard InChI is InChI=1S/C15H14F3NOS/c1-2-10-4-5-11(21-10)8-14(20)12-7-9(15(16,17)18)3-6-13(12)19/h3-7H,2,8,19H2,1H3. The monoisotopic (exact) mass is 313 g/mol. The maximum atomic E-state index is 12.7. The Morgan fingerprint density at radius 2 is 1.86 bits per heavy atom. The Morgan fingerprint density at radius 3 is 2.43 bits per heavy atom. The van der Waals surface area contributed by atoms with Crippen molar-refractivity contribution in [2.24, 2.45) is 0 Å². The van der Waals surface area contributed by atoms with Gasteiger partial charge in [-0.15, -0.1) is 11.3 Å². The summed E-state index contributed by atoms with van der Waals surface area (Å²) in [5.41, 5.74) is 4.77. The molecule has 1 heterocycles. The van der Waals surface area contributed by atoms with Crippen LogP contribution in [0.25, 0.3) is 0 Å². The third-order valence-corrected chi connectivity index (χ3v) is 4.31. The van der Waals surface area contributed by atoms with Crippen LogP contribution in [0.2, 0.25) is 0 Å². The lowest BCUT2D eigenvalue weighted by atomic mass is 10.0. The molecule has 1 aromatic heterocycles. The van der Waals surface area contributed by atoms with E-state index in [0.29, 0.717) is 0 Å². The van der Waals surface area contributed by atoms with E-state index in [9.17, 15) is 18.0 Å². The number of carbonyl (C=O) groups excluding carboxylic acids is 1. The maximum Gasteiger partial charge on any atom is 0.416 e. The second-order valence-electron chi connectivity index (χ2n) is 4.62. The summed E-state index contributed by atoms with van der Waals surface area (Å²) >= 11 is 1.49. The summed E-state index contributed by atoms with van der Waals surface area (Å²) in [5, 5.41) is 0. The van der Waals surface area contributed by atoms with Crippen LogP contribution in [-0.4, -0.2) is 5.78 Å². The van der Waals surface area contributed by atoms with Gasteiger partial charge in [-0.25, -0.2) is 0 Å². The van der Waals surface area contributed by atoms with Gasteiger partial charge in [-0.05, 0) is 36.8 Å². The van der Waals surface area contributed by atoms with Gasteiger partial charge in [0, 0.05) is 27.4 Å². The maximum absolute atomic E-state index is 12.7. The molecule has 0 spiro atoms. The number of anilines is 1. The number of rotatable bonds is 4. The highest BCUT2D eigenvalue weighted by Crippen LogP contribution is 2.31. The van der Waals surface area contributed by atoms with Crippen LogP contribution in [0, 0.1) is 0 Å². The van der Waals surface area contributed by atoms with E-state index in [1.807, 2.05) is 19.1 Å². The average molecular weight is 313 g/mol. The second-order valence-corrected chi connectivity index (χ2v) is 5.87. The van der Waals surface area contributed by atoms with Crippen LogP contribution in [0.5, 0.6) is 0 Å². The first-order chi connectivity index (χ1) is 9.81. The summed E-state index contributed by atoms with van der Waals surface area (Å²) < 4.78 is 38.1. The molecule has 6 heteroatoms. The summed E-state index contributed by atoms with van der Waals surface area (Å²) in [5.74, 6) is -0.400. The Balaban J connectivity index is 2.26. The van der Waals surface area contributed by atoms with Gasteiger partial charge in [0.2, 0.25) is 0 Å². The first-order valence-electron chi connectivity index (χ1n) is 6.38. The number of nitrogen functional groups attached to an aromatic ring is 1. The highest BCUT2D eigenvalue weighted by molar-refractivity contribution is 7.12. The summed E-state index contributed by atoms with van der Waals surface area (Å²) in [7, 11) is 0. The number of hydrogen-bond donors (Lipinski definition) is 1. The fraction of sp³-hybridized carbons (Fsp3) is 0.267. The lowest BCUT2D eigenvalue weighted by molar-refractivity contribution is -0.137. The summed E-state index contributed by atoms with van der Waals surface area (Å²) in [6, 6.07) is 6.58. The third kappa shape index (κ3) is 3.64. The van der Waals surface area contributed by atoms with Crippen LogP contribution in [0.1, 0.15) is 32.6 Å². The first kappa shape index (κ1) is 15.6. The molecule has 0 radical (unpaired) electrons. The molecule has 2 aromatic rings. The Bertz CT molecular complexity index is 661. The minimum atomic E-state index is -4.49. The molecule has 0 fully saturated rings. The number of alkyl halides is 3. The first-order valence-corrected chi connectivity index (χ1v) is 7.20. The molecule has 0 bridgehead atoms. The van der Waals surface area contributed by atoms with Gasteiger partial charge in [0.25, 0.3) is 0 Å². The van der Waals surface area contributed by atoms with E-state index in [0.717, 1.165) is 34.4 Å². The third-order valence-electron chi connectivity index (χ3n) is 3.08. The normalized spacial score (nSPS) is 11.6. The Morgan fingerprint density at radius 1 is 1.19 bits per heavy atom. The van der Waals surface area contributed by atoms with E-state index in [-0.39, 0.29) is 17.7 Å². The molecule has 0 saturated carbocycles. The number of hydrogen-bond acceptors (Lipinski definition) is 3. The number of nitrogens with two attached hydrogens (primary N) is 1. The number of carbonyl (C=O) groups is 1. The zero-order chi connectivity index (χ0) is 15.6. The molecule has 0 aliphatic rings. The van der Waals surface area contributed by atoms with Gasteiger partial charge in [0.1, 0.15) is 0 Å². The van der Waals surface area contributed by atoms with Crippen LogP contribution >= 0.6 is 11.3 Å². The lowest BCUT2D eigenvalue weighted by Crippen LogP contribution is -2.11. The average Bonchev–Trinajstić information content (AvgIpc) is 2.85. The van der Waals surface area contributed by atoms with Crippen molar-refractivity contribution in [3.05, 3.63) is 51.2 Å². The number of ketones is 1.